The van der Waals surface area contributed by atoms with Gasteiger partial charge < -0.3 is 15.2 Å². The lowest BCUT2D eigenvalue weighted by atomic mass is 10.0. The van der Waals surface area contributed by atoms with Gasteiger partial charge in [-0.15, -0.1) is 0 Å². The van der Waals surface area contributed by atoms with Crippen molar-refractivity contribution in [3.63, 3.8) is 0 Å². The van der Waals surface area contributed by atoms with Crippen molar-refractivity contribution >= 4 is 5.97 Å². The quantitative estimate of drug-likeness (QED) is 0.595. The maximum Gasteiger partial charge on any atom is 0.305 e. The van der Waals surface area contributed by atoms with E-state index in [9.17, 15) is 4.79 Å². The maximum atomic E-state index is 11.4. The summed E-state index contributed by atoms with van der Waals surface area (Å²) < 4.78 is 10.4. The first-order valence-electron chi connectivity index (χ1n) is 6.10. The van der Waals surface area contributed by atoms with E-state index in [1.165, 1.54) is 0 Å². The Hall–Kier alpha value is -1.55. The van der Waals surface area contributed by atoms with Crippen LogP contribution in [0.1, 0.15) is 26.7 Å². The topological polar surface area (TPSA) is 61.6 Å². The Morgan fingerprint density at radius 2 is 1.89 bits per heavy atom. The van der Waals surface area contributed by atoms with Gasteiger partial charge in [-0.1, -0.05) is 18.2 Å². The molecule has 100 valence electrons. The van der Waals surface area contributed by atoms with Crippen LogP contribution in [0.25, 0.3) is 0 Å². The highest BCUT2D eigenvalue weighted by atomic mass is 16.6. The minimum atomic E-state index is -0.334. The van der Waals surface area contributed by atoms with Gasteiger partial charge in [-0.3, -0.25) is 4.79 Å². The molecule has 0 aromatic heterocycles. The molecule has 0 fully saturated rings. The van der Waals surface area contributed by atoms with Crippen LogP contribution in [-0.2, 0) is 9.53 Å². The third-order valence-corrected chi connectivity index (χ3v) is 2.33. The minimum absolute atomic E-state index is 0.231. The summed E-state index contributed by atoms with van der Waals surface area (Å²) in [7, 11) is 0. The average molecular weight is 251 g/mol. The zero-order valence-corrected chi connectivity index (χ0v) is 11.0. The SMILES string of the molecule is CC(C)(N)CCC(=O)OCCOc1ccccc1. The molecule has 1 aromatic carbocycles. The average Bonchev–Trinajstić information content (AvgIpc) is 2.33. The molecule has 4 heteroatoms. The first-order chi connectivity index (χ1) is 8.47. The van der Waals surface area contributed by atoms with Gasteiger partial charge in [0.2, 0.25) is 0 Å². The number of hydrogen-bond acceptors (Lipinski definition) is 4. The number of rotatable bonds is 7. The van der Waals surface area contributed by atoms with Gasteiger partial charge in [-0.05, 0) is 32.4 Å². The highest BCUT2D eigenvalue weighted by Gasteiger charge is 2.13. The van der Waals surface area contributed by atoms with Gasteiger partial charge in [-0.25, -0.2) is 0 Å². The van der Waals surface area contributed by atoms with E-state index >= 15 is 0 Å². The van der Waals surface area contributed by atoms with Gasteiger partial charge in [-0.2, -0.15) is 0 Å². The number of carbonyl (C=O) groups is 1. The lowest BCUT2D eigenvalue weighted by molar-refractivity contribution is -0.144. The molecule has 0 aliphatic rings. The minimum Gasteiger partial charge on any atom is -0.490 e. The van der Waals surface area contributed by atoms with Crippen LogP contribution in [-0.4, -0.2) is 24.7 Å². The molecule has 18 heavy (non-hydrogen) atoms. The van der Waals surface area contributed by atoms with Crippen molar-refractivity contribution < 1.29 is 14.3 Å². The van der Waals surface area contributed by atoms with Crippen molar-refractivity contribution in [1.29, 1.82) is 0 Å². The van der Waals surface area contributed by atoms with Crippen molar-refractivity contribution in [3.05, 3.63) is 30.3 Å². The van der Waals surface area contributed by atoms with Crippen LogP contribution in [0, 0.1) is 0 Å². The van der Waals surface area contributed by atoms with Crippen molar-refractivity contribution in [2.45, 2.75) is 32.2 Å². The Morgan fingerprint density at radius 1 is 1.22 bits per heavy atom. The molecule has 0 atom stereocenters. The zero-order valence-electron chi connectivity index (χ0n) is 11.0. The van der Waals surface area contributed by atoms with Crippen LogP contribution in [0.3, 0.4) is 0 Å². The molecular formula is C14H21NO3. The predicted molar refractivity (Wildman–Crippen MR) is 70.4 cm³/mol. The number of hydrogen-bond donors (Lipinski definition) is 1. The van der Waals surface area contributed by atoms with E-state index in [2.05, 4.69) is 0 Å². The molecule has 0 aliphatic heterocycles. The standard InChI is InChI=1S/C14H21NO3/c1-14(2,15)9-8-13(16)18-11-10-17-12-6-4-3-5-7-12/h3-7H,8-11,15H2,1-2H3. The molecule has 0 aliphatic carbocycles. The molecule has 0 bridgehead atoms. The molecule has 0 amide bonds. The first kappa shape index (κ1) is 14.5. The van der Waals surface area contributed by atoms with Crippen molar-refractivity contribution in [1.82, 2.24) is 0 Å². The molecule has 0 radical (unpaired) electrons. The van der Waals surface area contributed by atoms with Crippen LogP contribution in [0.15, 0.2) is 30.3 Å². The molecule has 0 heterocycles. The van der Waals surface area contributed by atoms with E-state index in [0.717, 1.165) is 5.75 Å². The summed E-state index contributed by atoms with van der Waals surface area (Å²) >= 11 is 0. The summed E-state index contributed by atoms with van der Waals surface area (Å²) in [5.41, 5.74) is 5.45. The van der Waals surface area contributed by atoms with Crippen LogP contribution in [0.2, 0.25) is 0 Å². The van der Waals surface area contributed by atoms with E-state index in [0.29, 0.717) is 19.4 Å². The second-order valence-corrected chi connectivity index (χ2v) is 4.87. The summed E-state index contributed by atoms with van der Waals surface area (Å²) in [6, 6.07) is 9.42. The molecule has 2 N–H and O–H groups in total. The Labute approximate surface area is 108 Å². The van der Waals surface area contributed by atoms with Gasteiger partial charge in [0, 0.05) is 12.0 Å². The molecule has 0 saturated heterocycles. The molecule has 0 spiro atoms. The highest BCUT2D eigenvalue weighted by molar-refractivity contribution is 5.69. The fourth-order valence-electron chi connectivity index (χ4n) is 1.33. The number of ether oxygens (including phenoxy) is 2. The number of benzene rings is 1. The summed E-state index contributed by atoms with van der Waals surface area (Å²) in [5.74, 6) is 0.543. The van der Waals surface area contributed by atoms with Gasteiger partial charge in [0.25, 0.3) is 0 Å². The highest BCUT2D eigenvalue weighted by Crippen LogP contribution is 2.09. The van der Waals surface area contributed by atoms with Crippen molar-refractivity contribution in [2.75, 3.05) is 13.2 Å². The van der Waals surface area contributed by atoms with E-state index < -0.39 is 0 Å². The Morgan fingerprint density at radius 3 is 2.50 bits per heavy atom. The molecule has 0 unspecified atom stereocenters. The Kier molecular flexibility index (Phi) is 5.65. The summed E-state index contributed by atoms with van der Waals surface area (Å²) in [5, 5.41) is 0. The van der Waals surface area contributed by atoms with Crippen LogP contribution in [0.5, 0.6) is 5.75 Å². The maximum absolute atomic E-state index is 11.4. The van der Waals surface area contributed by atoms with E-state index in [4.69, 9.17) is 15.2 Å². The van der Waals surface area contributed by atoms with E-state index in [1.807, 2.05) is 44.2 Å². The Bertz CT molecular complexity index is 357. The van der Waals surface area contributed by atoms with Crippen molar-refractivity contribution in [3.8, 4) is 5.75 Å². The molecule has 1 rings (SSSR count). The predicted octanol–water partition coefficient (Wildman–Crippen LogP) is 2.13. The largest absolute Gasteiger partial charge is 0.490 e. The Balaban J connectivity index is 2.09. The van der Waals surface area contributed by atoms with Crippen molar-refractivity contribution in [2.24, 2.45) is 5.73 Å². The summed E-state index contributed by atoms with van der Waals surface area (Å²) in [4.78, 5) is 11.4. The smallest absolute Gasteiger partial charge is 0.305 e. The lowest BCUT2D eigenvalue weighted by Crippen LogP contribution is -2.32. The summed E-state index contributed by atoms with van der Waals surface area (Å²) in [6.07, 6.45) is 0.959. The second kappa shape index (κ2) is 7.01. The van der Waals surface area contributed by atoms with E-state index in [-0.39, 0.29) is 18.1 Å². The normalized spacial score (nSPS) is 11.1. The van der Waals surface area contributed by atoms with Gasteiger partial charge in [0.05, 0.1) is 0 Å². The fourth-order valence-corrected chi connectivity index (χ4v) is 1.33. The second-order valence-electron chi connectivity index (χ2n) is 4.87. The van der Waals surface area contributed by atoms with Gasteiger partial charge in [0.15, 0.2) is 0 Å². The van der Waals surface area contributed by atoms with E-state index in [1.54, 1.807) is 0 Å². The van der Waals surface area contributed by atoms with Crippen LogP contribution in [0.4, 0.5) is 0 Å². The first-order valence-corrected chi connectivity index (χ1v) is 6.10. The number of esters is 1. The van der Waals surface area contributed by atoms with Gasteiger partial charge >= 0.3 is 5.97 Å². The van der Waals surface area contributed by atoms with Gasteiger partial charge in [0.1, 0.15) is 19.0 Å². The summed E-state index contributed by atoms with van der Waals surface area (Å²) in [6.45, 7) is 4.40. The number of nitrogens with two attached hydrogens (primary N) is 1. The number of carbonyl (C=O) groups excluding carboxylic acids is 1. The molecule has 1 aromatic rings. The van der Waals surface area contributed by atoms with Crippen LogP contribution >= 0.6 is 0 Å². The molecular weight excluding hydrogens is 230 g/mol. The fraction of sp³-hybridized carbons (Fsp3) is 0.500. The third-order valence-electron chi connectivity index (χ3n) is 2.33. The lowest BCUT2D eigenvalue weighted by Gasteiger charge is -2.17. The monoisotopic (exact) mass is 251 g/mol. The zero-order chi connectivity index (χ0) is 13.4. The molecule has 4 nitrogen and oxygen atoms in total. The van der Waals surface area contributed by atoms with Crippen LogP contribution < -0.4 is 10.5 Å². The molecule has 0 saturated carbocycles. The number of para-hydroxylation sites is 1. The third kappa shape index (κ3) is 6.91.